The third kappa shape index (κ3) is 3.20. The lowest BCUT2D eigenvalue weighted by Crippen LogP contribution is -2.29. The minimum Gasteiger partial charge on any atom is -0.394 e. The number of aromatic nitrogens is 2. The number of hydrogen-bond donors (Lipinski definition) is 2. The van der Waals surface area contributed by atoms with Crippen LogP contribution in [0.3, 0.4) is 0 Å². The van der Waals surface area contributed by atoms with E-state index in [0.29, 0.717) is 18.5 Å². The van der Waals surface area contributed by atoms with Crippen LogP contribution in [0.25, 0.3) is 0 Å². The molecule has 2 aromatic rings. The van der Waals surface area contributed by atoms with E-state index in [0.717, 1.165) is 24.4 Å². The van der Waals surface area contributed by atoms with Crippen LogP contribution in [-0.4, -0.2) is 39.2 Å². The molecule has 2 atom stereocenters. The summed E-state index contributed by atoms with van der Waals surface area (Å²) >= 11 is 0. The highest BCUT2D eigenvalue weighted by Gasteiger charge is 2.30. The molecule has 0 amide bonds. The summed E-state index contributed by atoms with van der Waals surface area (Å²) in [5.74, 6) is -0.161. The number of halogens is 2. The highest BCUT2D eigenvalue weighted by atomic mass is 19.1. The van der Waals surface area contributed by atoms with Crippen molar-refractivity contribution in [2.75, 3.05) is 18.1 Å². The SMILES string of the molecule is OC[C@H](O)Cn1nccc1N1CCC[C@@H]1c1cc(F)ccc1F. The lowest BCUT2D eigenvalue weighted by atomic mass is 10.0. The number of aliphatic hydroxyl groups excluding tert-OH is 2. The standard InChI is InChI=1S/C16H19F2N3O2/c17-11-3-4-14(18)13(8-11)15-2-1-7-20(15)16-5-6-19-21(16)9-12(23)10-22/h3-6,8,12,15,22-23H,1-2,7,9-10H2/t12-,15-/m1/s1. The second kappa shape index (κ2) is 6.64. The molecule has 0 unspecified atom stereocenters. The largest absolute Gasteiger partial charge is 0.394 e. The molecule has 0 spiro atoms. The van der Waals surface area contributed by atoms with Gasteiger partial charge in [0.1, 0.15) is 17.5 Å². The highest BCUT2D eigenvalue weighted by Crippen LogP contribution is 2.37. The average Bonchev–Trinajstić information content (AvgIpc) is 3.18. The average molecular weight is 323 g/mol. The molecule has 1 saturated heterocycles. The molecule has 0 radical (unpaired) electrons. The second-order valence-electron chi connectivity index (χ2n) is 5.73. The Morgan fingerprint density at radius 3 is 2.91 bits per heavy atom. The summed E-state index contributed by atoms with van der Waals surface area (Å²) in [6.45, 7) is 0.483. The zero-order valence-corrected chi connectivity index (χ0v) is 12.6. The van der Waals surface area contributed by atoms with Gasteiger partial charge in [-0.3, -0.25) is 0 Å². The molecule has 23 heavy (non-hydrogen) atoms. The van der Waals surface area contributed by atoms with Crippen LogP contribution < -0.4 is 4.90 Å². The predicted octanol–water partition coefficient (Wildman–Crippen LogP) is 1.86. The van der Waals surface area contributed by atoms with E-state index in [4.69, 9.17) is 5.11 Å². The maximum absolute atomic E-state index is 14.1. The Kier molecular flexibility index (Phi) is 4.58. The second-order valence-corrected chi connectivity index (χ2v) is 5.73. The Morgan fingerprint density at radius 1 is 1.30 bits per heavy atom. The predicted molar refractivity (Wildman–Crippen MR) is 81.0 cm³/mol. The zero-order valence-electron chi connectivity index (χ0n) is 12.6. The normalized spacial score (nSPS) is 19.3. The van der Waals surface area contributed by atoms with E-state index in [2.05, 4.69) is 5.10 Å². The van der Waals surface area contributed by atoms with Gasteiger partial charge in [-0.2, -0.15) is 5.10 Å². The molecule has 1 aliphatic rings. The smallest absolute Gasteiger partial charge is 0.128 e. The Morgan fingerprint density at radius 2 is 2.13 bits per heavy atom. The van der Waals surface area contributed by atoms with Gasteiger partial charge in [0.25, 0.3) is 0 Å². The molecular formula is C16H19F2N3O2. The van der Waals surface area contributed by atoms with E-state index in [9.17, 15) is 13.9 Å². The minimum atomic E-state index is -0.916. The van der Waals surface area contributed by atoms with Gasteiger partial charge in [0.2, 0.25) is 0 Å². The summed E-state index contributed by atoms with van der Waals surface area (Å²) in [7, 11) is 0. The first-order chi connectivity index (χ1) is 11.1. The molecule has 2 heterocycles. The van der Waals surface area contributed by atoms with Crippen molar-refractivity contribution in [1.82, 2.24) is 9.78 Å². The molecule has 1 aromatic heterocycles. The van der Waals surface area contributed by atoms with Crippen LogP contribution in [0.5, 0.6) is 0 Å². The molecule has 0 bridgehead atoms. The monoisotopic (exact) mass is 323 g/mol. The van der Waals surface area contributed by atoms with Gasteiger partial charge in [-0.05, 0) is 31.0 Å². The first-order valence-corrected chi connectivity index (χ1v) is 7.62. The Hall–Kier alpha value is -1.99. The molecule has 1 aromatic carbocycles. The summed E-state index contributed by atoms with van der Waals surface area (Å²) in [5, 5.41) is 22.8. The van der Waals surface area contributed by atoms with Gasteiger partial charge in [0.15, 0.2) is 0 Å². The first kappa shape index (κ1) is 15.9. The van der Waals surface area contributed by atoms with Crippen LogP contribution in [0.2, 0.25) is 0 Å². The Bertz CT molecular complexity index is 677. The molecule has 0 aliphatic carbocycles. The van der Waals surface area contributed by atoms with Crippen LogP contribution >= 0.6 is 0 Å². The Labute approximate surface area is 132 Å². The van der Waals surface area contributed by atoms with E-state index in [-0.39, 0.29) is 19.2 Å². The van der Waals surface area contributed by atoms with Crippen molar-refractivity contribution in [2.45, 2.75) is 31.5 Å². The van der Waals surface area contributed by atoms with E-state index in [1.165, 1.54) is 6.07 Å². The van der Waals surface area contributed by atoms with Gasteiger partial charge in [-0.25, -0.2) is 13.5 Å². The summed E-state index contributed by atoms with van der Waals surface area (Å²) in [6, 6.07) is 5.00. The lowest BCUT2D eigenvalue weighted by molar-refractivity contribution is 0.0785. The number of benzene rings is 1. The number of anilines is 1. The fourth-order valence-corrected chi connectivity index (χ4v) is 3.10. The van der Waals surface area contributed by atoms with Crippen molar-refractivity contribution < 1.29 is 19.0 Å². The molecule has 124 valence electrons. The Balaban J connectivity index is 1.91. The number of nitrogens with zero attached hydrogens (tertiary/aromatic N) is 3. The molecule has 5 nitrogen and oxygen atoms in total. The van der Waals surface area contributed by atoms with Gasteiger partial charge in [-0.15, -0.1) is 0 Å². The first-order valence-electron chi connectivity index (χ1n) is 7.62. The van der Waals surface area contributed by atoms with E-state index < -0.39 is 17.7 Å². The van der Waals surface area contributed by atoms with Crippen LogP contribution in [0.15, 0.2) is 30.5 Å². The van der Waals surface area contributed by atoms with Gasteiger partial charge in [-0.1, -0.05) is 0 Å². The van der Waals surface area contributed by atoms with Crippen molar-refractivity contribution in [1.29, 1.82) is 0 Å². The quantitative estimate of drug-likeness (QED) is 0.882. The van der Waals surface area contributed by atoms with Gasteiger partial charge >= 0.3 is 0 Å². The van der Waals surface area contributed by atoms with Gasteiger partial charge < -0.3 is 15.1 Å². The third-order valence-corrected chi connectivity index (χ3v) is 4.15. The molecule has 2 N–H and O–H groups in total. The summed E-state index contributed by atoms with van der Waals surface area (Å²) < 4.78 is 29.2. The molecule has 0 saturated carbocycles. The van der Waals surface area contributed by atoms with Crippen molar-refractivity contribution in [3.8, 4) is 0 Å². The number of aliphatic hydroxyl groups is 2. The van der Waals surface area contributed by atoms with E-state index >= 15 is 0 Å². The topological polar surface area (TPSA) is 61.5 Å². The van der Waals surface area contributed by atoms with Crippen molar-refractivity contribution >= 4 is 5.82 Å². The maximum Gasteiger partial charge on any atom is 0.128 e. The molecule has 1 aliphatic heterocycles. The minimum absolute atomic E-state index is 0.147. The fourth-order valence-electron chi connectivity index (χ4n) is 3.10. The summed E-state index contributed by atoms with van der Waals surface area (Å²) in [6.07, 6.45) is 2.25. The van der Waals surface area contributed by atoms with Gasteiger partial charge in [0, 0.05) is 18.2 Å². The van der Waals surface area contributed by atoms with Crippen molar-refractivity contribution in [3.63, 3.8) is 0 Å². The van der Waals surface area contributed by atoms with Crippen LogP contribution in [-0.2, 0) is 6.54 Å². The summed E-state index contributed by atoms with van der Waals surface area (Å²) in [4.78, 5) is 1.97. The molecule has 7 heteroatoms. The summed E-state index contributed by atoms with van der Waals surface area (Å²) in [5.41, 5.74) is 0.331. The third-order valence-electron chi connectivity index (χ3n) is 4.15. The molecule has 1 fully saturated rings. The van der Waals surface area contributed by atoms with E-state index in [1.807, 2.05) is 4.90 Å². The molecular weight excluding hydrogens is 304 g/mol. The van der Waals surface area contributed by atoms with E-state index in [1.54, 1.807) is 16.9 Å². The van der Waals surface area contributed by atoms with Crippen molar-refractivity contribution in [3.05, 3.63) is 47.7 Å². The fraction of sp³-hybridized carbons (Fsp3) is 0.438. The highest BCUT2D eigenvalue weighted by molar-refractivity contribution is 5.44. The maximum atomic E-state index is 14.1. The zero-order chi connectivity index (χ0) is 16.4. The number of rotatable bonds is 5. The lowest BCUT2D eigenvalue weighted by Gasteiger charge is -2.28. The van der Waals surface area contributed by atoms with Crippen LogP contribution in [0.1, 0.15) is 24.4 Å². The number of hydrogen-bond acceptors (Lipinski definition) is 4. The van der Waals surface area contributed by atoms with Gasteiger partial charge in [0.05, 0.1) is 31.5 Å². The molecule has 3 rings (SSSR count). The van der Waals surface area contributed by atoms with Crippen LogP contribution in [0, 0.1) is 11.6 Å². The van der Waals surface area contributed by atoms with Crippen LogP contribution in [0.4, 0.5) is 14.6 Å². The van der Waals surface area contributed by atoms with Crippen molar-refractivity contribution in [2.24, 2.45) is 0 Å².